The van der Waals surface area contributed by atoms with Gasteiger partial charge in [-0.3, -0.25) is 0 Å². The molecular weight excluding hydrogens is 250 g/mol. The summed E-state index contributed by atoms with van der Waals surface area (Å²) in [6, 6.07) is 12.2. The second kappa shape index (κ2) is 5.90. The maximum absolute atomic E-state index is 5.87. The van der Waals surface area contributed by atoms with Gasteiger partial charge in [0.1, 0.15) is 12.4 Å². The predicted octanol–water partition coefficient (Wildman–Crippen LogP) is 2.83. The van der Waals surface area contributed by atoms with Gasteiger partial charge in [-0.15, -0.1) is 0 Å². The minimum Gasteiger partial charge on any atom is -0.491 e. The summed E-state index contributed by atoms with van der Waals surface area (Å²) < 4.78 is 5.87. The van der Waals surface area contributed by atoms with Crippen molar-refractivity contribution >= 4 is 5.95 Å². The number of aromatic nitrogens is 2. The van der Waals surface area contributed by atoms with E-state index in [1.54, 1.807) is 0 Å². The summed E-state index contributed by atoms with van der Waals surface area (Å²) in [6.07, 6.45) is 4.12. The van der Waals surface area contributed by atoms with E-state index >= 15 is 0 Å². The molecule has 2 heterocycles. The molecule has 0 saturated carbocycles. The Morgan fingerprint density at radius 2 is 2.10 bits per heavy atom. The molecule has 1 aliphatic heterocycles. The van der Waals surface area contributed by atoms with E-state index in [4.69, 9.17) is 4.74 Å². The van der Waals surface area contributed by atoms with E-state index in [1.807, 2.05) is 49.5 Å². The molecule has 1 atom stereocenters. The second-order valence-corrected chi connectivity index (χ2v) is 5.11. The maximum atomic E-state index is 5.87. The highest BCUT2D eigenvalue weighted by Gasteiger charge is 2.27. The highest BCUT2D eigenvalue weighted by molar-refractivity contribution is 5.34. The van der Waals surface area contributed by atoms with Crippen molar-refractivity contribution in [3.63, 3.8) is 0 Å². The number of rotatable bonds is 4. The lowest BCUT2D eigenvalue weighted by Crippen LogP contribution is -2.35. The van der Waals surface area contributed by atoms with Crippen molar-refractivity contribution in [2.24, 2.45) is 0 Å². The fourth-order valence-electron chi connectivity index (χ4n) is 2.56. The van der Waals surface area contributed by atoms with Crippen molar-refractivity contribution in [2.75, 3.05) is 18.1 Å². The van der Waals surface area contributed by atoms with Gasteiger partial charge in [0.2, 0.25) is 5.95 Å². The zero-order valence-electron chi connectivity index (χ0n) is 11.7. The third kappa shape index (κ3) is 2.90. The Balaban J connectivity index is 1.67. The predicted molar refractivity (Wildman–Crippen MR) is 79.1 cm³/mol. The van der Waals surface area contributed by atoms with Crippen LogP contribution in [-0.4, -0.2) is 29.2 Å². The number of nitrogens with zero attached hydrogens (tertiary/aromatic N) is 3. The lowest BCUT2D eigenvalue weighted by molar-refractivity contribution is 0.288. The fourth-order valence-corrected chi connectivity index (χ4v) is 2.56. The van der Waals surface area contributed by atoms with E-state index in [0.29, 0.717) is 12.6 Å². The summed E-state index contributed by atoms with van der Waals surface area (Å²) in [7, 11) is 0. The molecule has 0 radical (unpaired) electrons. The van der Waals surface area contributed by atoms with Crippen LogP contribution in [0.3, 0.4) is 0 Å². The number of benzene rings is 1. The minimum absolute atomic E-state index is 0.358. The minimum atomic E-state index is 0.358. The van der Waals surface area contributed by atoms with Crippen LogP contribution in [0.15, 0.2) is 42.6 Å². The van der Waals surface area contributed by atoms with E-state index in [-0.39, 0.29) is 0 Å². The van der Waals surface area contributed by atoms with Crippen molar-refractivity contribution in [3.05, 3.63) is 48.3 Å². The molecular formula is C16H19N3O. The molecule has 1 aromatic carbocycles. The summed E-state index contributed by atoms with van der Waals surface area (Å²) >= 11 is 0. The second-order valence-electron chi connectivity index (χ2n) is 5.11. The van der Waals surface area contributed by atoms with Crippen LogP contribution >= 0.6 is 0 Å². The van der Waals surface area contributed by atoms with Gasteiger partial charge in [-0.2, -0.15) is 0 Å². The number of para-hydroxylation sites is 1. The molecule has 1 unspecified atom stereocenters. The van der Waals surface area contributed by atoms with Crippen molar-refractivity contribution < 1.29 is 4.74 Å². The SMILES string of the molecule is Cc1ccnc(N2CCCC2COc2ccccc2)n1. The van der Waals surface area contributed by atoms with Crippen LogP contribution in [0, 0.1) is 6.92 Å². The maximum Gasteiger partial charge on any atom is 0.225 e. The Labute approximate surface area is 119 Å². The van der Waals surface area contributed by atoms with E-state index in [1.165, 1.54) is 6.42 Å². The van der Waals surface area contributed by atoms with Crippen molar-refractivity contribution in [2.45, 2.75) is 25.8 Å². The molecule has 2 aromatic rings. The quantitative estimate of drug-likeness (QED) is 0.855. The Hall–Kier alpha value is -2.10. The van der Waals surface area contributed by atoms with Gasteiger partial charge in [-0.05, 0) is 38.0 Å². The highest BCUT2D eigenvalue weighted by atomic mass is 16.5. The van der Waals surface area contributed by atoms with Gasteiger partial charge in [0, 0.05) is 18.4 Å². The van der Waals surface area contributed by atoms with Crippen LogP contribution in [0.1, 0.15) is 18.5 Å². The zero-order valence-corrected chi connectivity index (χ0v) is 11.7. The number of anilines is 1. The topological polar surface area (TPSA) is 38.2 Å². The summed E-state index contributed by atoms with van der Waals surface area (Å²) in [5.41, 5.74) is 1.00. The van der Waals surface area contributed by atoms with E-state index in [9.17, 15) is 0 Å². The summed E-state index contributed by atoms with van der Waals surface area (Å²) in [5.74, 6) is 1.74. The molecule has 1 aliphatic rings. The Morgan fingerprint density at radius 1 is 1.25 bits per heavy atom. The standard InChI is InChI=1S/C16H19N3O/c1-13-9-10-17-16(18-13)19-11-5-6-14(19)12-20-15-7-3-2-4-8-15/h2-4,7-10,14H,5-6,11-12H2,1H3. The van der Waals surface area contributed by atoms with Gasteiger partial charge in [-0.25, -0.2) is 9.97 Å². The largest absolute Gasteiger partial charge is 0.491 e. The number of hydrogen-bond acceptors (Lipinski definition) is 4. The van der Waals surface area contributed by atoms with Crippen LogP contribution in [-0.2, 0) is 0 Å². The molecule has 0 N–H and O–H groups in total. The van der Waals surface area contributed by atoms with Crippen LogP contribution in [0.2, 0.25) is 0 Å². The van der Waals surface area contributed by atoms with E-state index in [2.05, 4.69) is 14.9 Å². The molecule has 1 saturated heterocycles. The van der Waals surface area contributed by atoms with Crippen LogP contribution in [0.4, 0.5) is 5.95 Å². The van der Waals surface area contributed by atoms with Gasteiger partial charge >= 0.3 is 0 Å². The fraction of sp³-hybridized carbons (Fsp3) is 0.375. The molecule has 20 heavy (non-hydrogen) atoms. The lowest BCUT2D eigenvalue weighted by Gasteiger charge is -2.24. The molecule has 1 fully saturated rings. The van der Waals surface area contributed by atoms with Crippen molar-refractivity contribution in [3.8, 4) is 5.75 Å². The first kappa shape index (κ1) is 12.9. The number of ether oxygens (including phenoxy) is 1. The lowest BCUT2D eigenvalue weighted by atomic mass is 10.2. The summed E-state index contributed by atoms with van der Waals surface area (Å²) in [4.78, 5) is 11.2. The number of aryl methyl sites for hydroxylation is 1. The van der Waals surface area contributed by atoms with Crippen LogP contribution in [0.25, 0.3) is 0 Å². The van der Waals surface area contributed by atoms with Crippen LogP contribution in [0.5, 0.6) is 5.75 Å². The van der Waals surface area contributed by atoms with Gasteiger partial charge < -0.3 is 9.64 Å². The number of hydrogen-bond donors (Lipinski definition) is 0. The van der Waals surface area contributed by atoms with Gasteiger partial charge in [0.05, 0.1) is 6.04 Å². The van der Waals surface area contributed by atoms with Gasteiger partial charge in [-0.1, -0.05) is 18.2 Å². The average molecular weight is 269 g/mol. The van der Waals surface area contributed by atoms with Gasteiger partial charge in [0.25, 0.3) is 0 Å². The molecule has 0 aliphatic carbocycles. The Kier molecular flexibility index (Phi) is 3.81. The normalized spacial score (nSPS) is 18.2. The molecule has 4 heteroatoms. The monoisotopic (exact) mass is 269 g/mol. The third-order valence-corrected chi connectivity index (χ3v) is 3.60. The highest BCUT2D eigenvalue weighted by Crippen LogP contribution is 2.23. The molecule has 3 rings (SSSR count). The van der Waals surface area contributed by atoms with Crippen LogP contribution < -0.4 is 9.64 Å². The molecule has 104 valence electrons. The van der Waals surface area contributed by atoms with Gasteiger partial charge in [0.15, 0.2) is 0 Å². The Bertz CT molecular complexity index is 559. The van der Waals surface area contributed by atoms with E-state index < -0.39 is 0 Å². The first-order valence-corrected chi connectivity index (χ1v) is 7.07. The summed E-state index contributed by atoms with van der Waals surface area (Å²) in [6.45, 7) is 3.68. The summed E-state index contributed by atoms with van der Waals surface area (Å²) in [5, 5.41) is 0. The smallest absolute Gasteiger partial charge is 0.225 e. The molecule has 0 spiro atoms. The molecule has 1 aromatic heterocycles. The first-order chi connectivity index (χ1) is 9.83. The van der Waals surface area contributed by atoms with Crippen molar-refractivity contribution in [1.82, 2.24) is 9.97 Å². The Morgan fingerprint density at radius 3 is 2.90 bits per heavy atom. The molecule has 0 bridgehead atoms. The van der Waals surface area contributed by atoms with E-state index in [0.717, 1.165) is 30.4 Å². The zero-order chi connectivity index (χ0) is 13.8. The molecule has 0 amide bonds. The third-order valence-electron chi connectivity index (χ3n) is 3.60. The van der Waals surface area contributed by atoms with Crippen molar-refractivity contribution in [1.29, 1.82) is 0 Å². The average Bonchev–Trinajstić information content (AvgIpc) is 2.95. The molecule has 4 nitrogen and oxygen atoms in total. The first-order valence-electron chi connectivity index (χ1n) is 7.07.